The summed E-state index contributed by atoms with van der Waals surface area (Å²) in [5, 5.41) is 21.0. The van der Waals surface area contributed by atoms with E-state index in [1.165, 1.54) is 19.2 Å². The van der Waals surface area contributed by atoms with E-state index in [4.69, 9.17) is 0 Å². The Kier molecular flexibility index (Phi) is 3.28. The van der Waals surface area contributed by atoms with Crippen molar-refractivity contribution in [3.05, 3.63) is 40.1 Å². The average Bonchev–Trinajstić information content (AvgIpc) is 2.37. The number of ether oxygens (including phenoxy) is 1. The molecular formula is C12H10N2O5. The number of rotatable bonds is 3. The Balaban J connectivity index is 2.59. The van der Waals surface area contributed by atoms with Gasteiger partial charge in [-0.2, -0.15) is 0 Å². The Bertz CT molecular complexity index is 668. The van der Waals surface area contributed by atoms with Crippen molar-refractivity contribution in [3.63, 3.8) is 0 Å². The molecule has 0 radical (unpaired) electrons. The topological polar surface area (TPSA) is 103 Å². The first-order chi connectivity index (χ1) is 9.02. The molecule has 0 amide bonds. The zero-order valence-corrected chi connectivity index (χ0v) is 9.99. The minimum atomic E-state index is -0.702. The van der Waals surface area contributed by atoms with Gasteiger partial charge < -0.3 is 9.84 Å². The molecule has 0 saturated heterocycles. The highest BCUT2D eigenvalue weighted by atomic mass is 16.6. The molecule has 19 heavy (non-hydrogen) atoms. The zero-order chi connectivity index (χ0) is 14.0. The first-order valence-corrected chi connectivity index (χ1v) is 5.35. The zero-order valence-electron chi connectivity index (χ0n) is 9.99. The average molecular weight is 262 g/mol. The van der Waals surface area contributed by atoms with Crippen LogP contribution in [-0.2, 0) is 16.0 Å². The second-order valence-corrected chi connectivity index (χ2v) is 3.82. The van der Waals surface area contributed by atoms with E-state index in [-0.39, 0.29) is 11.9 Å². The molecule has 7 nitrogen and oxygen atoms in total. The van der Waals surface area contributed by atoms with Crippen molar-refractivity contribution in [1.29, 1.82) is 0 Å². The molecule has 0 aliphatic heterocycles. The van der Waals surface area contributed by atoms with Gasteiger partial charge in [-0.05, 0) is 18.2 Å². The van der Waals surface area contributed by atoms with Crippen LogP contribution in [-0.4, -0.2) is 28.1 Å². The van der Waals surface area contributed by atoms with E-state index < -0.39 is 22.3 Å². The first-order valence-electron chi connectivity index (χ1n) is 5.35. The van der Waals surface area contributed by atoms with Gasteiger partial charge in [-0.25, -0.2) is 4.98 Å². The number of nitro benzene ring substituents is 1. The molecular weight excluding hydrogens is 252 g/mol. The van der Waals surface area contributed by atoms with Gasteiger partial charge in [0.25, 0.3) is 0 Å². The molecule has 2 rings (SSSR count). The predicted octanol–water partition coefficient (Wildman–Crippen LogP) is 1.56. The molecule has 1 aromatic heterocycles. The summed E-state index contributed by atoms with van der Waals surface area (Å²) in [6, 6.07) is 5.95. The second-order valence-electron chi connectivity index (χ2n) is 3.82. The lowest BCUT2D eigenvalue weighted by Crippen LogP contribution is -2.06. The molecule has 1 heterocycles. The van der Waals surface area contributed by atoms with Crippen molar-refractivity contribution in [1.82, 2.24) is 4.98 Å². The number of esters is 1. The lowest BCUT2D eigenvalue weighted by Gasteiger charge is -2.04. The number of nitrogens with zero attached hydrogens (tertiary/aromatic N) is 2. The van der Waals surface area contributed by atoms with Crippen LogP contribution in [0.5, 0.6) is 5.75 Å². The standard InChI is InChI=1S/C12H10N2O5/c1-19-10(16)6-8-4-2-7-3-5-9(15)12(14(17)18)11(7)13-8/h2-5,15H,6H2,1H3. The maximum absolute atomic E-state index is 11.2. The maximum atomic E-state index is 11.2. The van der Waals surface area contributed by atoms with Crippen LogP contribution in [0.3, 0.4) is 0 Å². The fourth-order valence-electron chi connectivity index (χ4n) is 1.70. The molecule has 0 unspecified atom stereocenters. The van der Waals surface area contributed by atoms with Gasteiger partial charge in [0.15, 0.2) is 11.3 Å². The molecule has 0 bridgehead atoms. The number of fused-ring (bicyclic) bond motifs is 1. The van der Waals surface area contributed by atoms with Crippen LogP contribution in [0.2, 0.25) is 0 Å². The Hall–Kier alpha value is -2.70. The summed E-state index contributed by atoms with van der Waals surface area (Å²) in [5.41, 5.74) is -0.0799. The van der Waals surface area contributed by atoms with Crippen LogP contribution in [0.25, 0.3) is 10.9 Å². The summed E-state index contributed by atoms with van der Waals surface area (Å²) < 4.78 is 4.51. The van der Waals surface area contributed by atoms with E-state index in [1.54, 1.807) is 12.1 Å². The number of nitro groups is 1. The number of methoxy groups -OCH3 is 1. The summed E-state index contributed by atoms with van der Waals surface area (Å²) in [7, 11) is 1.25. The van der Waals surface area contributed by atoms with Crippen LogP contribution in [0.15, 0.2) is 24.3 Å². The van der Waals surface area contributed by atoms with Crippen molar-refractivity contribution in [2.45, 2.75) is 6.42 Å². The third-order valence-electron chi connectivity index (χ3n) is 2.61. The quantitative estimate of drug-likeness (QED) is 0.511. The molecule has 1 N–H and O–H groups in total. The fraction of sp³-hybridized carbons (Fsp3) is 0.167. The van der Waals surface area contributed by atoms with Crippen LogP contribution in [0.4, 0.5) is 5.69 Å². The minimum Gasteiger partial charge on any atom is -0.502 e. The number of hydrogen-bond acceptors (Lipinski definition) is 6. The summed E-state index contributed by atoms with van der Waals surface area (Å²) in [6.45, 7) is 0. The van der Waals surface area contributed by atoms with Gasteiger partial charge in [0.1, 0.15) is 0 Å². The van der Waals surface area contributed by atoms with E-state index in [0.717, 1.165) is 0 Å². The van der Waals surface area contributed by atoms with Crippen LogP contribution < -0.4 is 0 Å². The van der Waals surface area contributed by atoms with Gasteiger partial charge in [0.05, 0.1) is 24.1 Å². The highest BCUT2D eigenvalue weighted by Crippen LogP contribution is 2.33. The lowest BCUT2D eigenvalue weighted by molar-refractivity contribution is -0.384. The molecule has 0 fully saturated rings. The number of benzene rings is 1. The van der Waals surface area contributed by atoms with Crippen LogP contribution in [0.1, 0.15) is 5.69 Å². The predicted molar refractivity (Wildman–Crippen MR) is 65.8 cm³/mol. The first kappa shape index (κ1) is 12.7. The third kappa shape index (κ3) is 2.44. The molecule has 0 aliphatic carbocycles. The van der Waals surface area contributed by atoms with E-state index in [1.807, 2.05) is 0 Å². The molecule has 0 spiro atoms. The van der Waals surface area contributed by atoms with Crippen molar-refractivity contribution in [2.75, 3.05) is 7.11 Å². The Morgan fingerprint density at radius 3 is 2.74 bits per heavy atom. The maximum Gasteiger partial charge on any atom is 0.336 e. The molecule has 98 valence electrons. The molecule has 0 atom stereocenters. The normalized spacial score (nSPS) is 10.4. The number of phenolic OH excluding ortho intramolecular Hbond substituents is 1. The Morgan fingerprint density at radius 1 is 1.42 bits per heavy atom. The third-order valence-corrected chi connectivity index (χ3v) is 2.61. The monoisotopic (exact) mass is 262 g/mol. The fourth-order valence-corrected chi connectivity index (χ4v) is 1.70. The van der Waals surface area contributed by atoms with E-state index >= 15 is 0 Å². The summed E-state index contributed by atoms with van der Waals surface area (Å²) >= 11 is 0. The highest BCUT2D eigenvalue weighted by molar-refractivity contribution is 5.90. The molecule has 2 aromatic rings. The van der Waals surface area contributed by atoms with Crippen LogP contribution in [0, 0.1) is 10.1 Å². The summed E-state index contributed by atoms with van der Waals surface area (Å²) in [6.07, 6.45) is -0.0841. The van der Waals surface area contributed by atoms with E-state index in [2.05, 4.69) is 9.72 Å². The van der Waals surface area contributed by atoms with Gasteiger partial charge in [0.2, 0.25) is 0 Å². The number of hydrogen-bond donors (Lipinski definition) is 1. The van der Waals surface area contributed by atoms with Gasteiger partial charge in [-0.15, -0.1) is 0 Å². The second kappa shape index (κ2) is 4.89. The number of pyridine rings is 1. The van der Waals surface area contributed by atoms with Gasteiger partial charge in [0, 0.05) is 5.39 Å². The molecule has 7 heteroatoms. The van der Waals surface area contributed by atoms with Crippen LogP contribution >= 0.6 is 0 Å². The summed E-state index contributed by atoms with van der Waals surface area (Å²) in [4.78, 5) is 25.4. The van der Waals surface area contributed by atoms with E-state index in [9.17, 15) is 20.0 Å². The van der Waals surface area contributed by atoms with Gasteiger partial charge in [-0.3, -0.25) is 14.9 Å². The van der Waals surface area contributed by atoms with Crippen molar-refractivity contribution in [3.8, 4) is 5.75 Å². The smallest absolute Gasteiger partial charge is 0.336 e. The van der Waals surface area contributed by atoms with Crippen molar-refractivity contribution >= 4 is 22.6 Å². The SMILES string of the molecule is COC(=O)Cc1ccc2ccc(O)c([N+](=O)[O-])c2n1. The minimum absolute atomic E-state index is 0.0476. The van der Waals surface area contributed by atoms with Crippen molar-refractivity contribution < 1.29 is 19.6 Å². The van der Waals surface area contributed by atoms with Crippen molar-refractivity contribution in [2.24, 2.45) is 0 Å². The van der Waals surface area contributed by atoms with Gasteiger partial charge >= 0.3 is 11.7 Å². The van der Waals surface area contributed by atoms with E-state index in [0.29, 0.717) is 11.1 Å². The molecule has 0 aliphatic rings. The number of carbonyl (C=O) groups excluding carboxylic acids is 1. The summed E-state index contributed by atoms with van der Waals surface area (Å²) in [5.74, 6) is -0.949. The molecule has 1 aromatic carbocycles. The number of aromatic hydroxyl groups is 1. The number of phenols is 1. The molecule has 0 saturated carbocycles. The largest absolute Gasteiger partial charge is 0.502 e. The van der Waals surface area contributed by atoms with Gasteiger partial charge in [-0.1, -0.05) is 6.07 Å². The number of aromatic nitrogens is 1. The number of carbonyl (C=O) groups is 1. The lowest BCUT2D eigenvalue weighted by atomic mass is 10.1. The Morgan fingerprint density at radius 2 is 2.11 bits per heavy atom. The highest BCUT2D eigenvalue weighted by Gasteiger charge is 2.20. The Labute approximate surface area is 107 Å².